The molecule has 0 heterocycles. The fourth-order valence-electron chi connectivity index (χ4n) is 2.52. The number of benzene rings is 2. The molecule has 1 N–H and O–H groups in total. The number of para-hydroxylation sites is 1. The highest BCUT2D eigenvalue weighted by Gasteiger charge is 2.16. The van der Waals surface area contributed by atoms with Gasteiger partial charge in [0.05, 0.1) is 0 Å². The molecular weight excluding hydrogens is 307 g/mol. The molecule has 0 bridgehead atoms. The first-order chi connectivity index (χ1) is 11.5. The summed E-state index contributed by atoms with van der Waals surface area (Å²) in [4.78, 5) is 25.6. The van der Waals surface area contributed by atoms with Gasteiger partial charge in [-0.25, -0.2) is 4.39 Å². The zero-order valence-electron chi connectivity index (χ0n) is 13.9. The van der Waals surface area contributed by atoms with Crippen LogP contribution in [0, 0.1) is 5.82 Å². The molecule has 0 fully saturated rings. The summed E-state index contributed by atoms with van der Waals surface area (Å²) in [5.74, 6) is -0.787. The van der Waals surface area contributed by atoms with Gasteiger partial charge in [0.2, 0.25) is 11.8 Å². The minimum Gasteiger partial charge on any atom is -0.326 e. The number of anilines is 2. The van der Waals surface area contributed by atoms with E-state index in [1.54, 1.807) is 11.0 Å². The van der Waals surface area contributed by atoms with Crippen molar-refractivity contribution in [2.45, 2.75) is 26.7 Å². The molecule has 5 heteroatoms. The molecule has 0 aromatic heterocycles. The van der Waals surface area contributed by atoms with E-state index in [1.807, 2.05) is 31.2 Å². The molecule has 126 valence electrons. The zero-order valence-corrected chi connectivity index (χ0v) is 13.9. The van der Waals surface area contributed by atoms with Gasteiger partial charge in [-0.2, -0.15) is 0 Å². The number of amides is 2. The number of halogens is 1. The van der Waals surface area contributed by atoms with Crippen molar-refractivity contribution < 1.29 is 14.0 Å². The van der Waals surface area contributed by atoms with E-state index in [-0.39, 0.29) is 24.8 Å². The molecule has 0 aliphatic carbocycles. The van der Waals surface area contributed by atoms with E-state index in [9.17, 15) is 14.0 Å². The molecule has 2 rings (SSSR count). The SMILES string of the molecule is CCc1ccccc1N(CCC(=O)Nc1cccc(F)c1)C(C)=O. The first-order valence-electron chi connectivity index (χ1n) is 7.92. The highest BCUT2D eigenvalue weighted by molar-refractivity contribution is 5.95. The molecule has 0 spiro atoms. The molecule has 2 amide bonds. The van der Waals surface area contributed by atoms with Gasteiger partial charge in [0, 0.05) is 31.3 Å². The number of carbonyl (C=O) groups is 2. The molecule has 0 atom stereocenters. The van der Waals surface area contributed by atoms with Crippen LogP contribution in [0.15, 0.2) is 48.5 Å². The van der Waals surface area contributed by atoms with E-state index in [4.69, 9.17) is 0 Å². The number of hydrogen-bond donors (Lipinski definition) is 1. The standard InChI is InChI=1S/C19H21FN2O2/c1-3-15-7-4-5-10-18(15)22(14(2)23)12-11-19(24)21-17-9-6-8-16(20)13-17/h4-10,13H,3,11-12H2,1-2H3,(H,21,24). The smallest absolute Gasteiger partial charge is 0.226 e. The number of hydrogen-bond acceptors (Lipinski definition) is 2. The summed E-state index contributed by atoms with van der Waals surface area (Å²) >= 11 is 0. The highest BCUT2D eigenvalue weighted by Crippen LogP contribution is 2.21. The molecule has 0 unspecified atom stereocenters. The van der Waals surface area contributed by atoms with Crippen LogP contribution in [-0.2, 0) is 16.0 Å². The van der Waals surface area contributed by atoms with Crippen molar-refractivity contribution in [3.8, 4) is 0 Å². The molecular formula is C19H21FN2O2. The molecule has 2 aromatic rings. The van der Waals surface area contributed by atoms with Gasteiger partial charge in [-0.1, -0.05) is 31.2 Å². The number of nitrogens with zero attached hydrogens (tertiary/aromatic N) is 1. The van der Waals surface area contributed by atoms with Crippen molar-refractivity contribution in [2.75, 3.05) is 16.8 Å². The molecule has 0 saturated carbocycles. The van der Waals surface area contributed by atoms with Crippen LogP contribution >= 0.6 is 0 Å². The maximum absolute atomic E-state index is 13.1. The Bertz CT molecular complexity index is 731. The van der Waals surface area contributed by atoms with E-state index in [0.29, 0.717) is 5.69 Å². The molecule has 24 heavy (non-hydrogen) atoms. The Morgan fingerprint density at radius 2 is 1.88 bits per heavy atom. The summed E-state index contributed by atoms with van der Waals surface area (Å²) < 4.78 is 13.1. The van der Waals surface area contributed by atoms with E-state index in [2.05, 4.69) is 5.32 Å². The molecule has 2 aromatic carbocycles. The van der Waals surface area contributed by atoms with Crippen molar-refractivity contribution in [1.29, 1.82) is 0 Å². The second-order valence-electron chi connectivity index (χ2n) is 5.46. The number of aryl methyl sites for hydroxylation is 1. The summed E-state index contributed by atoms with van der Waals surface area (Å²) in [6.07, 6.45) is 0.934. The van der Waals surface area contributed by atoms with Gasteiger partial charge >= 0.3 is 0 Å². The normalized spacial score (nSPS) is 10.3. The largest absolute Gasteiger partial charge is 0.326 e. The van der Waals surface area contributed by atoms with Crippen molar-refractivity contribution in [1.82, 2.24) is 0 Å². The van der Waals surface area contributed by atoms with Crippen molar-refractivity contribution in [3.63, 3.8) is 0 Å². The van der Waals surface area contributed by atoms with Gasteiger partial charge in [-0.05, 0) is 36.2 Å². The van der Waals surface area contributed by atoms with Crippen LogP contribution in [0.25, 0.3) is 0 Å². The predicted molar refractivity (Wildman–Crippen MR) is 93.5 cm³/mol. The van der Waals surface area contributed by atoms with Gasteiger partial charge in [0.25, 0.3) is 0 Å². The molecule has 0 aliphatic rings. The maximum atomic E-state index is 13.1. The Morgan fingerprint density at radius 3 is 2.54 bits per heavy atom. The van der Waals surface area contributed by atoms with Gasteiger partial charge in [0.1, 0.15) is 5.82 Å². The van der Waals surface area contributed by atoms with Crippen LogP contribution in [0.3, 0.4) is 0 Å². The molecule has 4 nitrogen and oxygen atoms in total. The third kappa shape index (κ3) is 4.65. The Labute approximate surface area is 141 Å². The first kappa shape index (κ1) is 17.7. The fraction of sp³-hybridized carbons (Fsp3) is 0.263. The van der Waals surface area contributed by atoms with E-state index < -0.39 is 5.82 Å². The average Bonchev–Trinajstić information content (AvgIpc) is 2.55. The van der Waals surface area contributed by atoms with Gasteiger partial charge < -0.3 is 10.2 Å². The summed E-state index contributed by atoms with van der Waals surface area (Å²) in [6, 6.07) is 13.4. The second-order valence-corrected chi connectivity index (χ2v) is 5.46. The lowest BCUT2D eigenvalue weighted by atomic mass is 10.1. The van der Waals surface area contributed by atoms with Crippen LogP contribution in [-0.4, -0.2) is 18.4 Å². The Balaban J connectivity index is 2.04. The van der Waals surface area contributed by atoms with Crippen LogP contribution in [0.4, 0.5) is 15.8 Å². The van der Waals surface area contributed by atoms with Gasteiger partial charge in [0.15, 0.2) is 0 Å². The van der Waals surface area contributed by atoms with Crippen molar-refractivity contribution >= 4 is 23.2 Å². The lowest BCUT2D eigenvalue weighted by Gasteiger charge is -2.23. The lowest BCUT2D eigenvalue weighted by molar-refractivity contribution is -0.117. The van der Waals surface area contributed by atoms with Gasteiger partial charge in [-0.15, -0.1) is 0 Å². The Hall–Kier alpha value is -2.69. The molecule has 0 aliphatic heterocycles. The van der Waals surface area contributed by atoms with E-state index in [0.717, 1.165) is 17.7 Å². The van der Waals surface area contributed by atoms with Crippen LogP contribution in [0.1, 0.15) is 25.8 Å². The number of rotatable bonds is 6. The fourth-order valence-corrected chi connectivity index (χ4v) is 2.52. The minimum atomic E-state index is -0.407. The third-order valence-corrected chi connectivity index (χ3v) is 3.71. The van der Waals surface area contributed by atoms with E-state index >= 15 is 0 Å². The predicted octanol–water partition coefficient (Wildman–Crippen LogP) is 3.77. The third-order valence-electron chi connectivity index (χ3n) is 3.71. The number of carbonyl (C=O) groups excluding carboxylic acids is 2. The maximum Gasteiger partial charge on any atom is 0.226 e. The van der Waals surface area contributed by atoms with Crippen LogP contribution < -0.4 is 10.2 Å². The molecule has 0 radical (unpaired) electrons. The second kappa shape index (κ2) is 8.24. The average molecular weight is 328 g/mol. The topological polar surface area (TPSA) is 49.4 Å². The monoisotopic (exact) mass is 328 g/mol. The molecule has 0 saturated heterocycles. The summed E-state index contributed by atoms with van der Waals surface area (Å²) in [5.41, 5.74) is 2.28. The highest BCUT2D eigenvalue weighted by atomic mass is 19.1. The number of nitrogens with one attached hydrogen (secondary N) is 1. The van der Waals surface area contributed by atoms with Crippen LogP contribution in [0.2, 0.25) is 0 Å². The Kier molecular flexibility index (Phi) is 6.07. The minimum absolute atomic E-state index is 0.116. The van der Waals surface area contributed by atoms with Gasteiger partial charge in [-0.3, -0.25) is 9.59 Å². The summed E-state index contributed by atoms with van der Waals surface area (Å²) in [5, 5.41) is 2.64. The first-order valence-corrected chi connectivity index (χ1v) is 7.92. The summed E-state index contributed by atoms with van der Waals surface area (Å²) in [6.45, 7) is 3.78. The lowest BCUT2D eigenvalue weighted by Crippen LogP contribution is -2.32. The zero-order chi connectivity index (χ0) is 17.5. The van der Waals surface area contributed by atoms with Crippen LogP contribution in [0.5, 0.6) is 0 Å². The van der Waals surface area contributed by atoms with Crippen molar-refractivity contribution in [3.05, 3.63) is 59.9 Å². The quantitative estimate of drug-likeness (QED) is 0.877. The summed E-state index contributed by atoms with van der Waals surface area (Å²) in [7, 11) is 0. The van der Waals surface area contributed by atoms with Crippen molar-refractivity contribution in [2.24, 2.45) is 0 Å². The van der Waals surface area contributed by atoms with E-state index in [1.165, 1.54) is 25.1 Å². The Morgan fingerprint density at radius 1 is 1.12 bits per heavy atom.